The van der Waals surface area contributed by atoms with Gasteiger partial charge in [0.1, 0.15) is 0 Å². The molecule has 0 bridgehead atoms. The monoisotopic (exact) mass is 513 g/mol. The Labute approximate surface area is 236 Å². The van der Waals surface area contributed by atoms with Crippen molar-refractivity contribution < 1.29 is 0 Å². The standard InChI is InChI=1S/C39H31N/c1-27-15-24-39-37(25-27)36-13-7-8-14-38(36)40(39)33-22-20-31(21-23-33)30-18-16-29(17-19-30)26-32-10-4-6-12-35(32)34-11-5-3-9-28(34)2/h3-25H,26H2,1-2H3. The van der Waals surface area contributed by atoms with Crippen molar-refractivity contribution in [3.05, 3.63) is 162 Å². The van der Waals surface area contributed by atoms with Crippen molar-refractivity contribution in [3.8, 4) is 27.9 Å². The molecule has 1 nitrogen and oxygen atoms in total. The van der Waals surface area contributed by atoms with Crippen molar-refractivity contribution in [2.45, 2.75) is 20.3 Å². The number of hydrogen-bond acceptors (Lipinski definition) is 0. The van der Waals surface area contributed by atoms with Crippen LogP contribution >= 0.6 is 0 Å². The first kappa shape index (κ1) is 24.2. The van der Waals surface area contributed by atoms with Crippen molar-refractivity contribution in [2.24, 2.45) is 0 Å². The van der Waals surface area contributed by atoms with Gasteiger partial charge in [0.05, 0.1) is 11.0 Å². The van der Waals surface area contributed by atoms with Crippen LogP contribution in [0.25, 0.3) is 49.7 Å². The molecule has 7 aromatic rings. The van der Waals surface area contributed by atoms with Crippen molar-refractivity contribution >= 4 is 21.8 Å². The van der Waals surface area contributed by atoms with Gasteiger partial charge < -0.3 is 4.57 Å². The molecule has 0 amide bonds. The summed E-state index contributed by atoms with van der Waals surface area (Å²) in [7, 11) is 0. The summed E-state index contributed by atoms with van der Waals surface area (Å²) in [6, 6.07) is 50.9. The highest BCUT2D eigenvalue weighted by molar-refractivity contribution is 6.09. The SMILES string of the molecule is Cc1ccc2c(c1)c1ccccc1n2-c1ccc(-c2ccc(Cc3ccccc3-c3ccccc3C)cc2)cc1. The summed E-state index contributed by atoms with van der Waals surface area (Å²) in [4.78, 5) is 0. The van der Waals surface area contributed by atoms with Crippen LogP contribution in [-0.4, -0.2) is 4.57 Å². The molecule has 0 N–H and O–H groups in total. The van der Waals surface area contributed by atoms with Gasteiger partial charge in [0.25, 0.3) is 0 Å². The first-order chi connectivity index (χ1) is 19.7. The second-order valence-corrected chi connectivity index (χ2v) is 10.8. The van der Waals surface area contributed by atoms with E-state index in [1.165, 1.54) is 72.0 Å². The van der Waals surface area contributed by atoms with Crippen LogP contribution in [0.2, 0.25) is 0 Å². The highest BCUT2D eigenvalue weighted by Gasteiger charge is 2.12. The minimum atomic E-state index is 0.914. The number of rotatable bonds is 5. The van der Waals surface area contributed by atoms with Crippen LogP contribution in [0.1, 0.15) is 22.3 Å². The first-order valence-corrected chi connectivity index (χ1v) is 14.0. The largest absolute Gasteiger partial charge is 0.309 e. The summed E-state index contributed by atoms with van der Waals surface area (Å²) in [5, 5.41) is 2.60. The predicted octanol–water partition coefficient (Wildman–Crippen LogP) is 10.3. The van der Waals surface area contributed by atoms with E-state index in [1.807, 2.05) is 0 Å². The molecular formula is C39H31N. The van der Waals surface area contributed by atoms with Gasteiger partial charge >= 0.3 is 0 Å². The number of benzene rings is 6. The van der Waals surface area contributed by atoms with Crippen molar-refractivity contribution in [2.75, 3.05) is 0 Å². The van der Waals surface area contributed by atoms with Gasteiger partial charge in [0.2, 0.25) is 0 Å². The fourth-order valence-corrected chi connectivity index (χ4v) is 6.02. The van der Waals surface area contributed by atoms with E-state index in [9.17, 15) is 0 Å². The van der Waals surface area contributed by atoms with Gasteiger partial charge in [0, 0.05) is 16.5 Å². The fourth-order valence-electron chi connectivity index (χ4n) is 6.02. The zero-order valence-corrected chi connectivity index (χ0v) is 22.9. The molecule has 1 heteroatoms. The third-order valence-corrected chi connectivity index (χ3v) is 8.09. The van der Waals surface area contributed by atoms with Crippen LogP contribution in [0, 0.1) is 13.8 Å². The lowest BCUT2D eigenvalue weighted by atomic mass is 9.92. The molecule has 192 valence electrons. The number of aromatic nitrogens is 1. The Morgan fingerprint density at radius 1 is 0.500 bits per heavy atom. The number of fused-ring (bicyclic) bond motifs is 3. The zero-order valence-electron chi connectivity index (χ0n) is 22.9. The molecule has 0 fully saturated rings. The quantitative estimate of drug-likeness (QED) is 0.216. The second-order valence-electron chi connectivity index (χ2n) is 10.8. The van der Waals surface area contributed by atoms with E-state index in [4.69, 9.17) is 0 Å². The predicted molar refractivity (Wildman–Crippen MR) is 170 cm³/mol. The topological polar surface area (TPSA) is 4.93 Å². The third-order valence-electron chi connectivity index (χ3n) is 8.09. The Bertz CT molecular complexity index is 1970. The van der Waals surface area contributed by atoms with Crippen LogP contribution in [-0.2, 0) is 6.42 Å². The van der Waals surface area contributed by atoms with Gasteiger partial charge in [-0.2, -0.15) is 0 Å². The fraction of sp³-hybridized carbons (Fsp3) is 0.0769. The lowest BCUT2D eigenvalue weighted by molar-refractivity contribution is 1.18. The number of nitrogens with zero attached hydrogens (tertiary/aromatic N) is 1. The molecule has 40 heavy (non-hydrogen) atoms. The average molecular weight is 514 g/mol. The van der Waals surface area contributed by atoms with E-state index in [2.05, 4.69) is 158 Å². The van der Waals surface area contributed by atoms with Crippen molar-refractivity contribution in [1.82, 2.24) is 4.57 Å². The normalized spacial score (nSPS) is 11.3. The molecular weight excluding hydrogens is 482 g/mol. The summed E-state index contributed by atoms with van der Waals surface area (Å²) >= 11 is 0. The molecule has 0 aliphatic rings. The summed E-state index contributed by atoms with van der Waals surface area (Å²) in [6.07, 6.45) is 0.914. The highest BCUT2D eigenvalue weighted by atomic mass is 15.0. The van der Waals surface area contributed by atoms with E-state index in [0.717, 1.165) is 6.42 Å². The first-order valence-electron chi connectivity index (χ1n) is 14.0. The Hall–Kier alpha value is -4.88. The maximum atomic E-state index is 2.38. The zero-order chi connectivity index (χ0) is 27.1. The van der Waals surface area contributed by atoms with Gasteiger partial charge in [-0.3, -0.25) is 0 Å². The molecule has 0 saturated heterocycles. The minimum absolute atomic E-state index is 0.914. The van der Waals surface area contributed by atoms with E-state index < -0.39 is 0 Å². The Morgan fingerprint density at radius 2 is 1.12 bits per heavy atom. The molecule has 1 heterocycles. The van der Waals surface area contributed by atoms with Crippen molar-refractivity contribution in [1.29, 1.82) is 0 Å². The van der Waals surface area contributed by atoms with E-state index >= 15 is 0 Å². The van der Waals surface area contributed by atoms with E-state index in [1.54, 1.807) is 0 Å². The van der Waals surface area contributed by atoms with E-state index in [0.29, 0.717) is 0 Å². The lowest BCUT2D eigenvalue weighted by Crippen LogP contribution is -1.94. The smallest absolute Gasteiger partial charge is 0.0541 e. The summed E-state index contributed by atoms with van der Waals surface area (Å²) < 4.78 is 2.38. The molecule has 0 atom stereocenters. The van der Waals surface area contributed by atoms with Crippen LogP contribution in [0.5, 0.6) is 0 Å². The van der Waals surface area contributed by atoms with Crippen LogP contribution in [0.4, 0.5) is 0 Å². The van der Waals surface area contributed by atoms with E-state index in [-0.39, 0.29) is 0 Å². The number of aryl methyl sites for hydroxylation is 2. The van der Waals surface area contributed by atoms with Gasteiger partial charge in [-0.15, -0.1) is 0 Å². The van der Waals surface area contributed by atoms with Gasteiger partial charge in [-0.25, -0.2) is 0 Å². The molecule has 0 unspecified atom stereocenters. The Balaban J connectivity index is 1.18. The number of hydrogen-bond donors (Lipinski definition) is 0. The maximum Gasteiger partial charge on any atom is 0.0541 e. The molecule has 0 aliphatic carbocycles. The summed E-state index contributed by atoms with van der Waals surface area (Å²) in [5.41, 5.74) is 14.0. The van der Waals surface area contributed by atoms with Crippen molar-refractivity contribution in [3.63, 3.8) is 0 Å². The molecule has 0 spiro atoms. The molecule has 7 rings (SSSR count). The number of para-hydroxylation sites is 1. The summed E-state index contributed by atoms with van der Waals surface area (Å²) in [5.74, 6) is 0. The Morgan fingerprint density at radius 3 is 1.90 bits per heavy atom. The maximum absolute atomic E-state index is 2.38. The summed E-state index contributed by atoms with van der Waals surface area (Å²) in [6.45, 7) is 4.35. The molecule has 1 aromatic heterocycles. The molecule has 0 aliphatic heterocycles. The molecule has 6 aromatic carbocycles. The second kappa shape index (κ2) is 10.0. The third kappa shape index (κ3) is 4.30. The minimum Gasteiger partial charge on any atom is -0.309 e. The van der Waals surface area contributed by atoms with Crippen LogP contribution < -0.4 is 0 Å². The lowest BCUT2D eigenvalue weighted by Gasteiger charge is -2.13. The Kier molecular flexibility index (Phi) is 6.06. The highest BCUT2D eigenvalue weighted by Crippen LogP contribution is 2.34. The van der Waals surface area contributed by atoms with Crippen LogP contribution in [0.15, 0.2) is 140 Å². The van der Waals surface area contributed by atoms with Gasteiger partial charge in [-0.05, 0) is 89.5 Å². The van der Waals surface area contributed by atoms with Gasteiger partial charge in [0.15, 0.2) is 0 Å². The van der Waals surface area contributed by atoms with Crippen LogP contribution in [0.3, 0.4) is 0 Å². The van der Waals surface area contributed by atoms with Gasteiger partial charge in [-0.1, -0.05) is 115 Å². The average Bonchev–Trinajstić information content (AvgIpc) is 3.32. The molecule has 0 radical (unpaired) electrons. The molecule has 0 saturated carbocycles.